The Morgan fingerprint density at radius 1 is 1.20 bits per heavy atom. The second kappa shape index (κ2) is 4.42. The summed E-state index contributed by atoms with van der Waals surface area (Å²) in [6.45, 7) is 7.43. The summed E-state index contributed by atoms with van der Waals surface area (Å²) in [6, 6.07) is 1.48. The van der Waals surface area contributed by atoms with Crippen LogP contribution in [0.2, 0.25) is 0 Å². The van der Waals surface area contributed by atoms with Crippen LogP contribution in [0.4, 0.5) is 5.69 Å². The number of anilines is 1. The number of nitrogens with two attached hydrogens (primary N) is 2. The fourth-order valence-electron chi connectivity index (χ4n) is 1.89. The standard InChI is InChI=1S/C11H18BN3O4S/c1-10(2)11(3,4)19-12(18-10)8-7(13)5-6-15-9(8)20(14,16)17/h5-6H,1-4H3,(H2,13,15)(H2,14,16,17). The van der Waals surface area contributed by atoms with E-state index in [0.717, 1.165) is 0 Å². The van der Waals surface area contributed by atoms with Crippen molar-refractivity contribution in [2.45, 2.75) is 43.9 Å². The molecule has 0 spiro atoms. The van der Waals surface area contributed by atoms with Crippen molar-refractivity contribution in [3.63, 3.8) is 0 Å². The van der Waals surface area contributed by atoms with Crippen molar-refractivity contribution in [3.05, 3.63) is 12.3 Å². The first-order valence-corrected chi connectivity index (χ1v) is 7.63. The molecule has 0 atom stereocenters. The average Bonchev–Trinajstić information content (AvgIpc) is 2.46. The summed E-state index contributed by atoms with van der Waals surface area (Å²) in [5.41, 5.74) is 4.98. The Balaban J connectivity index is 2.56. The fourth-order valence-corrected chi connectivity index (χ4v) is 2.62. The summed E-state index contributed by atoms with van der Waals surface area (Å²) in [4.78, 5) is 3.80. The minimum Gasteiger partial charge on any atom is -0.399 e. The molecule has 1 aliphatic rings. The van der Waals surface area contributed by atoms with Crippen molar-refractivity contribution in [2.75, 3.05) is 5.73 Å². The number of aromatic nitrogens is 1. The van der Waals surface area contributed by atoms with Crippen LogP contribution >= 0.6 is 0 Å². The number of nitrogens with zero attached hydrogens (tertiary/aromatic N) is 1. The van der Waals surface area contributed by atoms with Gasteiger partial charge in [0.05, 0.1) is 11.2 Å². The zero-order valence-electron chi connectivity index (χ0n) is 11.9. The van der Waals surface area contributed by atoms with E-state index in [1.807, 2.05) is 27.7 Å². The van der Waals surface area contributed by atoms with Crippen LogP contribution in [0.15, 0.2) is 17.3 Å². The summed E-state index contributed by atoms with van der Waals surface area (Å²) in [7, 11) is -4.95. The minimum absolute atomic E-state index is 0.147. The number of hydrogen-bond donors (Lipinski definition) is 2. The van der Waals surface area contributed by atoms with Gasteiger partial charge in [0.25, 0.3) is 10.0 Å². The lowest BCUT2D eigenvalue weighted by Crippen LogP contribution is -2.41. The molecule has 7 nitrogen and oxygen atoms in total. The lowest BCUT2D eigenvalue weighted by molar-refractivity contribution is 0.00578. The van der Waals surface area contributed by atoms with Gasteiger partial charge in [0.2, 0.25) is 0 Å². The molecule has 0 unspecified atom stereocenters. The molecular weight excluding hydrogens is 281 g/mol. The van der Waals surface area contributed by atoms with Gasteiger partial charge in [0.15, 0.2) is 5.03 Å². The van der Waals surface area contributed by atoms with Gasteiger partial charge in [-0.3, -0.25) is 0 Å². The molecule has 0 aliphatic carbocycles. The summed E-state index contributed by atoms with van der Waals surface area (Å²) in [6.07, 6.45) is 1.28. The predicted octanol–water partition coefficient (Wildman–Crippen LogP) is -0.390. The average molecular weight is 299 g/mol. The first kappa shape index (κ1) is 15.2. The molecule has 1 fully saturated rings. The highest BCUT2D eigenvalue weighted by molar-refractivity contribution is 7.89. The van der Waals surface area contributed by atoms with Crippen LogP contribution in [0.5, 0.6) is 0 Å². The molecule has 0 bridgehead atoms. The monoisotopic (exact) mass is 299 g/mol. The number of sulfonamides is 1. The minimum atomic E-state index is -4.02. The smallest absolute Gasteiger partial charge is 0.399 e. The molecule has 0 saturated carbocycles. The van der Waals surface area contributed by atoms with E-state index >= 15 is 0 Å². The number of nitrogen functional groups attached to an aromatic ring is 1. The molecule has 9 heteroatoms. The molecule has 20 heavy (non-hydrogen) atoms. The molecule has 1 saturated heterocycles. The van der Waals surface area contributed by atoms with E-state index in [4.69, 9.17) is 20.2 Å². The van der Waals surface area contributed by atoms with Crippen molar-refractivity contribution in [1.29, 1.82) is 0 Å². The Morgan fingerprint density at radius 2 is 1.70 bits per heavy atom. The number of rotatable bonds is 2. The SMILES string of the molecule is CC1(C)OB(c2c(N)ccnc2S(N)(=O)=O)OC1(C)C. The van der Waals surface area contributed by atoms with Gasteiger partial charge >= 0.3 is 7.12 Å². The molecule has 2 heterocycles. The van der Waals surface area contributed by atoms with Crippen molar-refractivity contribution in [1.82, 2.24) is 4.98 Å². The van der Waals surface area contributed by atoms with Gasteiger partial charge in [0, 0.05) is 17.3 Å². The van der Waals surface area contributed by atoms with Crippen LogP contribution in [-0.4, -0.2) is 31.7 Å². The highest BCUT2D eigenvalue weighted by Crippen LogP contribution is 2.37. The molecular formula is C11H18BN3O4S. The van der Waals surface area contributed by atoms with E-state index in [0.29, 0.717) is 0 Å². The second-order valence-electron chi connectivity index (χ2n) is 5.75. The first-order valence-electron chi connectivity index (χ1n) is 6.08. The van der Waals surface area contributed by atoms with E-state index in [2.05, 4.69) is 4.98 Å². The van der Waals surface area contributed by atoms with Gasteiger partial charge < -0.3 is 15.0 Å². The molecule has 0 amide bonds. The van der Waals surface area contributed by atoms with Crippen molar-refractivity contribution in [3.8, 4) is 0 Å². The first-order chi connectivity index (χ1) is 8.96. The normalized spacial score (nSPS) is 21.1. The summed E-state index contributed by atoms with van der Waals surface area (Å²) in [5.74, 6) is 0. The molecule has 4 N–H and O–H groups in total. The molecule has 2 rings (SSSR count). The molecule has 110 valence electrons. The molecule has 0 radical (unpaired) electrons. The number of primary sulfonamides is 1. The third-order valence-corrected chi connectivity index (χ3v) is 4.61. The van der Waals surface area contributed by atoms with E-state index < -0.39 is 28.3 Å². The second-order valence-corrected chi connectivity index (χ2v) is 7.23. The summed E-state index contributed by atoms with van der Waals surface area (Å²) < 4.78 is 34.9. The summed E-state index contributed by atoms with van der Waals surface area (Å²) >= 11 is 0. The van der Waals surface area contributed by atoms with Gasteiger partial charge in [0.1, 0.15) is 0 Å². The Bertz CT molecular complexity index is 629. The largest absolute Gasteiger partial charge is 0.500 e. The topological polar surface area (TPSA) is 118 Å². The van der Waals surface area contributed by atoms with E-state index in [-0.39, 0.29) is 16.2 Å². The predicted molar refractivity (Wildman–Crippen MR) is 75.7 cm³/mol. The van der Waals surface area contributed by atoms with Crippen molar-refractivity contribution in [2.24, 2.45) is 5.14 Å². The van der Waals surface area contributed by atoms with Crippen LogP contribution in [0.25, 0.3) is 0 Å². The number of hydrogen-bond acceptors (Lipinski definition) is 6. The zero-order chi connectivity index (χ0) is 15.3. The van der Waals surface area contributed by atoms with Crippen LogP contribution < -0.4 is 16.3 Å². The molecule has 1 aliphatic heterocycles. The van der Waals surface area contributed by atoms with Gasteiger partial charge in [-0.15, -0.1) is 0 Å². The lowest BCUT2D eigenvalue weighted by atomic mass is 9.79. The van der Waals surface area contributed by atoms with Gasteiger partial charge in [-0.05, 0) is 33.8 Å². The van der Waals surface area contributed by atoms with Gasteiger partial charge in [-0.25, -0.2) is 18.5 Å². The highest BCUT2D eigenvalue weighted by atomic mass is 32.2. The maximum Gasteiger partial charge on any atom is 0.500 e. The Labute approximate surface area is 118 Å². The van der Waals surface area contributed by atoms with E-state index in [1.54, 1.807) is 0 Å². The fraction of sp³-hybridized carbons (Fsp3) is 0.545. The van der Waals surface area contributed by atoms with E-state index in [1.165, 1.54) is 12.3 Å². The maximum atomic E-state index is 11.6. The summed E-state index contributed by atoms with van der Waals surface area (Å²) in [5, 5.41) is 4.85. The number of pyridine rings is 1. The third-order valence-electron chi connectivity index (χ3n) is 3.75. The van der Waals surface area contributed by atoms with Crippen LogP contribution in [-0.2, 0) is 19.3 Å². The lowest BCUT2D eigenvalue weighted by Gasteiger charge is -2.32. The third kappa shape index (κ3) is 2.42. The van der Waals surface area contributed by atoms with Gasteiger partial charge in [-0.2, -0.15) is 0 Å². The zero-order valence-corrected chi connectivity index (χ0v) is 12.7. The van der Waals surface area contributed by atoms with Crippen LogP contribution in [0, 0.1) is 0 Å². The Kier molecular flexibility index (Phi) is 3.37. The van der Waals surface area contributed by atoms with Gasteiger partial charge in [-0.1, -0.05) is 0 Å². The van der Waals surface area contributed by atoms with Crippen molar-refractivity contribution < 1.29 is 17.7 Å². The van der Waals surface area contributed by atoms with Crippen LogP contribution in [0.3, 0.4) is 0 Å². The molecule has 1 aromatic heterocycles. The Morgan fingerprint density at radius 3 is 2.15 bits per heavy atom. The van der Waals surface area contributed by atoms with Crippen molar-refractivity contribution >= 4 is 28.3 Å². The Hall–Kier alpha value is -1.16. The van der Waals surface area contributed by atoms with Crippen LogP contribution in [0.1, 0.15) is 27.7 Å². The molecule has 0 aromatic carbocycles. The maximum absolute atomic E-state index is 11.6. The quantitative estimate of drug-likeness (QED) is 0.718. The molecule has 1 aromatic rings. The van der Waals surface area contributed by atoms with E-state index in [9.17, 15) is 8.42 Å². The highest BCUT2D eigenvalue weighted by Gasteiger charge is 2.53.